The lowest BCUT2D eigenvalue weighted by atomic mass is 9.98. The highest BCUT2D eigenvalue weighted by molar-refractivity contribution is 7.14. The van der Waals surface area contributed by atoms with E-state index in [4.69, 9.17) is 16.0 Å². The van der Waals surface area contributed by atoms with Crippen molar-refractivity contribution in [2.75, 3.05) is 11.9 Å². The largest absolute Gasteiger partial charge is 0.481 e. The van der Waals surface area contributed by atoms with Crippen LogP contribution in [-0.2, 0) is 16.0 Å². The van der Waals surface area contributed by atoms with E-state index in [1.807, 2.05) is 0 Å². The van der Waals surface area contributed by atoms with Crippen molar-refractivity contribution in [3.8, 4) is 17.0 Å². The molecule has 3 aromatic rings. The Morgan fingerprint density at radius 1 is 1.35 bits per heavy atom. The van der Waals surface area contributed by atoms with Gasteiger partial charge in [-0.25, -0.2) is 4.98 Å². The minimum absolute atomic E-state index is 0.0756. The highest BCUT2D eigenvalue weighted by atomic mass is 35.5. The van der Waals surface area contributed by atoms with Gasteiger partial charge < -0.3 is 14.3 Å². The van der Waals surface area contributed by atoms with E-state index in [1.165, 1.54) is 36.4 Å². The van der Waals surface area contributed by atoms with Gasteiger partial charge in [0.05, 0.1) is 29.3 Å². The van der Waals surface area contributed by atoms with Crippen LogP contribution < -0.4 is 9.64 Å². The van der Waals surface area contributed by atoms with Crippen LogP contribution in [0.5, 0.6) is 5.75 Å². The van der Waals surface area contributed by atoms with Gasteiger partial charge in [-0.15, -0.1) is 11.3 Å². The van der Waals surface area contributed by atoms with E-state index in [-0.39, 0.29) is 23.6 Å². The van der Waals surface area contributed by atoms with Crippen LogP contribution in [0.25, 0.3) is 11.3 Å². The van der Waals surface area contributed by atoms with Gasteiger partial charge in [-0.3, -0.25) is 14.5 Å². The number of ether oxygens (including phenoxy) is 1. The summed E-state index contributed by atoms with van der Waals surface area (Å²) in [4.78, 5) is 29.8. The lowest BCUT2D eigenvalue weighted by Gasteiger charge is -2.20. The molecule has 0 bridgehead atoms. The molecule has 164 valence electrons. The number of anilines is 1. The molecule has 2 aromatic heterocycles. The SMILES string of the molecule is CN(C(=O)[C@@H](CC(=O)O)Cc1ccco1)c1nc(-c2cc(OC(F)F)ccc2Cl)cs1. The number of carboxylic acids is 1. The zero-order valence-corrected chi connectivity index (χ0v) is 17.7. The maximum atomic E-state index is 13.0. The number of carbonyl (C=O) groups excluding carboxylic acids is 1. The van der Waals surface area contributed by atoms with E-state index in [2.05, 4.69) is 9.72 Å². The first-order chi connectivity index (χ1) is 14.7. The van der Waals surface area contributed by atoms with Gasteiger partial charge in [0.2, 0.25) is 5.91 Å². The molecule has 2 heterocycles. The van der Waals surface area contributed by atoms with E-state index < -0.39 is 24.4 Å². The summed E-state index contributed by atoms with van der Waals surface area (Å²) in [7, 11) is 1.49. The summed E-state index contributed by atoms with van der Waals surface area (Å²) in [6, 6.07) is 7.38. The van der Waals surface area contributed by atoms with E-state index in [0.717, 1.165) is 11.3 Å². The second kappa shape index (κ2) is 9.88. The topological polar surface area (TPSA) is 92.9 Å². The van der Waals surface area contributed by atoms with Gasteiger partial charge in [-0.2, -0.15) is 8.78 Å². The third kappa shape index (κ3) is 5.80. The molecule has 0 aliphatic rings. The van der Waals surface area contributed by atoms with Gasteiger partial charge in [0, 0.05) is 24.4 Å². The van der Waals surface area contributed by atoms with Crippen LogP contribution >= 0.6 is 22.9 Å². The predicted octanol–water partition coefficient (Wildman–Crippen LogP) is 4.95. The lowest BCUT2D eigenvalue weighted by molar-refractivity contribution is -0.140. The van der Waals surface area contributed by atoms with Crippen molar-refractivity contribution in [3.05, 3.63) is 52.8 Å². The zero-order valence-electron chi connectivity index (χ0n) is 16.1. The molecule has 11 heteroatoms. The minimum Gasteiger partial charge on any atom is -0.481 e. The van der Waals surface area contributed by atoms with E-state index >= 15 is 0 Å². The fraction of sp³-hybridized carbons (Fsp3) is 0.250. The number of rotatable bonds is 9. The van der Waals surface area contributed by atoms with Crippen LogP contribution in [0, 0.1) is 5.92 Å². The predicted molar refractivity (Wildman–Crippen MR) is 111 cm³/mol. The maximum absolute atomic E-state index is 13.0. The number of aliphatic carboxylic acids is 1. The summed E-state index contributed by atoms with van der Waals surface area (Å²) in [6.45, 7) is -2.98. The standard InChI is InChI=1S/C20H17ClF2N2O5S/c1-25(18(28)11(8-17(26)27)7-12-3-2-6-29-12)20-24-16(10-31-20)14-9-13(30-19(22)23)4-5-15(14)21/h2-6,9-11,19H,7-8H2,1H3,(H,26,27)/t11-/m1/s1. The fourth-order valence-electron chi connectivity index (χ4n) is 2.92. The fourth-order valence-corrected chi connectivity index (χ4v) is 3.93. The highest BCUT2D eigenvalue weighted by Gasteiger charge is 2.28. The molecule has 7 nitrogen and oxygen atoms in total. The Morgan fingerprint density at radius 2 is 2.13 bits per heavy atom. The quantitative estimate of drug-likeness (QED) is 0.475. The van der Waals surface area contributed by atoms with Crippen LogP contribution in [0.3, 0.4) is 0 Å². The van der Waals surface area contributed by atoms with Gasteiger partial charge in [0.1, 0.15) is 11.5 Å². The van der Waals surface area contributed by atoms with E-state index in [1.54, 1.807) is 17.5 Å². The minimum atomic E-state index is -2.98. The number of alkyl halides is 2. The van der Waals surface area contributed by atoms with Gasteiger partial charge >= 0.3 is 12.6 Å². The molecule has 0 aliphatic heterocycles. The molecule has 0 saturated heterocycles. The monoisotopic (exact) mass is 470 g/mol. The molecule has 0 fully saturated rings. The molecule has 31 heavy (non-hydrogen) atoms. The molecular formula is C20H17ClF2N2O5S. The van der Waals surface area contributed by atoms with Crippen molar-refractivity contribution in [1.82, 2.24) is 4.98 Å². The van der Waals surface area contributed by atoms with Gasteiger partial charge in [-0.05, 0) is 30.3 Å². The Balaban J connectivity index is 1.82. The summed E-state index contributed by atoms with van der Waals surface area (Å²) >= 11 is 7.30. The summed E-state index contributed by atoms with van der Waals surface area (Å²) in [5.41, 5.74) is 0.728. The summed E-state index contributed by atoms with van der Waals surface area (Å²) in [6.07, 6.45) is 1.20. The van der Waals surface area contributed by atoms with Gasteiger partial charge in [0.25, 0.3) is 0 Å². The molecule has 1 N–H and O–H groups in total. The third-order valence-corrected chi connectivity index (χ3v) is 5.59. The molecule has 0 aliphatic carbocycles. The summed E-state index contributed by atoms with van der Waals surface area (Å²) in [5.74, 6) is -1.99. The average Bonchev–Trinajstić information content (AvgIpc) is 3.39. The number of aromatic nitrogens is 1. The van der Waals surface area contributed by atoms with Crippen molar-refractivity contribution in [2.24, 2.45) is 5.92 Å². The molecule has 1 atom stereocenters. The summed E-state index contributed by atoms with van der Waals surface area (Å²) < 4.78 is 34.6. The van der Waals surface area contributed by atoms with Gasteiger partial charge in [-0.1, -0.05) is 11.6 Å². The number of hydrogen-bond donors (Lipinski definition) is 1. The number of halogens is 3. The molecule has 0 unspecified atom stereocenters. The number of furan rings is 1. The highest BCUT2D eigenvalue weighted by Crippen LogP contribution is 2.35. The Kier molecular flexibility index (Phi) is 7.24. The molecule has 1 amide bonds. The second-order valence-electron chi connectivity index (χ2n) is 6.51. The van der Waals surface area contributed by atoms with E-state index in [0.29, 0.717) is 22.1 Å². The van der Waals surface area contributed by atoms with Crippen molar-refractivity contribution >= 4 is 39.9 Å². The maximum Gasteiger partial charge on any atom is 0.387 e. The number of nitrogens with zero attached hydrogens (tertiary/aromatic N) is 2. The molecule has 0 radical (unpaired) electrons. The Morgan fingerprint density at radius 3 is 2.77 bits per heavy atom. The van der Waals surface area contributed by atoms with Crippen LogP contribution in [0.15, 0.2) is 46.4 Å². The number of benzene rings is 1. The molecule has 0 spiro atoms. The Labute approximate surface area is 184 Å². The van der Waals surface area contributed by atoms with Crippen LogP contribution in [0.4, 0.5) is 13.9 Å². The lowest BCUT2D eigenvalue weighted by Crippen LogP contribution is -2.35. The first-order valence-corrected chi connectivity index (χ1v) is 10.2. The number of amides is 1. The smallest absolute Gasteiger partial charge is 0.387 e. The Hall–Kier alpha value is -2.98. The van der Waals surface area contributed by atoms with Crippen LogP contribution in [-0.4, -0.2) is 35.6 Å². The normalized spacial score (nSPS) is 12.0. The third-order valence-electron chi connectivity index (χ3n) is 4.35. The number of hydrogen-bond acceptors (Lipinski definition) is 6. The summed E-state index contributed by atoms with van der Waals surface area (Å²) in [5, 5.41) is 11.4. The molecular weight excluding hydrogens is 454 g/mol. The van der Waals surface area contributed by atoms with Crippen LogP contribution in [0.1, 0.15) is 12.2 Å². The van der Waals surface area contributed by atoms with Crippen LogP contribution in [0.2, 0.25) is 5.02 Å². The number of carboxylic acid groups (broad SMARTS) is 1. The average molecular weight is 471 g/mol. The van der Waals surface area contributed by atoms with Crippen molar-refractivity contribution in [1.29, 1.82) is 0 Å². The van der Waals surface area contributed by atoms with E-state index in [9.17, 15) is 23.5 Å². The number of carbonyl (C=O) groups is 2. The molecule has 3 rings (SSSR count). The first-order valence-electron chi connectivity index (χ1n) is 8.96. The zero-order chi connectivity index (χ0) is 22.5. The molecule has 0 saturated carbocycles. The number of thiazole rings is 1. The van der Waals surface area contributed by atoms with Crippen molar-refractivity contribution < 1.29 is 32.6 Å². The molecule has 1 aromatic carbocycles. The van der Waals surface area contributed by atoms with Gasteiger partial charge in [0.15, 0.2) is 5.13 Å². The van der Waals surface area contributed by atoms with Crippen molar-refractivity contribution in [2.45, 2.75) is 19.5 Å². The first kappa shape index (κ1) is 22.7. The van der Waals surface area contributed by atoms with Crippen molar-refractivity contribution in [3.63, 3.8) is 0 Å². The Bertz CT molecular complexity index is 1060. The second-order valence-corrected chi connectivity index (χ2v) is 7.75.